The minimum atomic E-state index is -2.00. The summed E-state index contributed by atoms with van der Waals surface area (Å²) in [5, 5.41) is 36.0. The number of aliphatic hydroxyl groups is 4. The third-order valence-corrected chi connectivity index (χ3v) is 1.88. The van der Waals surface area contributed by atoms with Crippen LogP contribution >= 0.6 is 0 Å². The molecule has 0 aromatic rings. The first-order valence-corrected chi connectivity index (χ1v) is 3.38. The zero-order valence-corrected chi connectivity index (χ0v) is 6.14. The quantitative estimate of drug-likeness (QED) is 0.353. The number of rotatable bonds is 1. The lowest BCUT2D eigenvalue weighted by Gasteiger charge is -2.22. The van der Waals surface area contributed by atoms with Crippen molar-refractivity contribution in [3.63, 3.8) is 0 Å². The van der Waals surface area contributed by atoms with Gasteiger partial charge in [-0.25, -0.2) is 0 Å². The molecule has 1 aliphatic heterocycles. The summed E-state index contributed by atoms with van der Waals surface area (Å²) in [5.41, 5.74) is 0. The van der Waals surface area contributed by atoms with Gasteiger partial charge in [-0.15, -0.1) is 0 Å². The number of ether oxygens (including phenoxy) is 1. The summed E-state index contributed by atoms with van der Waals surface area (Å²) in [5.74, 6) is -2.00. The minimum Gasteiger partial charge on any atom is -0.391 e. The maximum absolute atomic E-state index is 9.23. The van der Waals surface area contributed by atoms with Crippen LogP contribution in [0.3, 0.4) is 0 Å². The Morgan fingerprint density at radius 3 is 2.18 bits per heavy atom. The molecule has 1 rings (SSSR count). The lowest BCUT2D eigenvalue weighted by atomic mass is 10.1. The minimum absolute atomic E-state index is 0.665. The van der Waals surface area contributed by atoms with Crippen LogP contribution in [0.25, 0.3) is 0 Å². The highest BCUT2D eigenvalue weighted by molar-refractivity contribution is 4.93. The molecule has 1 saturated heterocycles. The standard InChI is InChI=1S/C6H12O5/c1-3-4(8)5(9)6(10,2-7)11-3/h3-5,7-10H,2H2,1H3/t3-,4?,5?,6-/m1/s1. The van der Waals surface area contributed by atoms with E-state index in [0.717, 1.165) is 0 Å². The SMILES string of the molecule is C[C@H]1O[C@](O)(CO)C(O)C1O. The molecule has 0 aromatic heterocycles. The van der Waals surface area contributed by atoms with E-state index in [0.29, 0.717) is 0 Å². The van der Waals surface area contributed by atoms with Crippen molar-refractivity contribution in [2.24, 2.45) is 0 Å². The third kappa shape index (κ3) is 1.25. The van der Waals surface area contributed by atoms with Crippen molar-refractivity contribution < 1.29 is 25.2 Å². The van der Waals surface area contributed by atoms with Crippen molar-refractivity contribution in [1.82, 2.24) is 0 Å². The van der Waals surface area contributed by atoms with E-state index >= 15 is 0 Å². The Bertz CT molecular complexity index is 150. The molecule has 1 aliphatic rings. The van der Waals surface area contributed by atoms with Crippen LogP contribution in [-0.2, 0) is 4.74 Å². The fourth-order valence-corrected chi connectivity index (χ4v) is 1.12. The maximum Gasteiger partial charge on any atom is 0.219 e. The highest BCUT2D eigenvalue weighted by Gasteiger charge is 2.51. The molecule has 0 amide bonds. The van der Waals surface area contributed by atoms with Crippen LogP contribution in [0.4, 0.5) is 0 Å². The monoisotopic (exact) mass is 164 g/mol. The summed E-state index contributed by atoms with van der Waals surface area (Å²) in [4.78, 5) is 0. The van der Waals surface area contributed by atoms with E-state index in [9.17, 15) is 5.11 Å². The van der Waals surface area contributed by atoms with Gasteiger partial charge in [-0.05, 0) is 6.92 Å². The number of hydrogen-bond donors (Lipinski definition) is 4. The third-order valence-electron chi connectivity index (χ3n) is 1.88. The van der Waals surface area contributed by atoms with Gasteiger partial charge in [-0.2, -0.15) is 0 Å². The molecule has 0 spiro atoms. The van der Waals surface area contributed by atoms with Gasteiger partial charge >= 0.3 is 0 Å². The van der Waals surface area contributed by atoms with Crippen LogP contribution in [0.15, 0.2) is 0 Å². The van der Waals surface area contributed by atoms with Gasteiger partial charge in [0.1, 0.15) is 12.2 Å². The summed E-state index contributed by atoms with van der Waals surface area (Å²) in [7, 11) is 0. The summed E-state index contributed by atoms with van der Waals surface area (Å²) in [6, 6.07) is 0. The average Bonchev–Trinajstić information content (AvgIpc) is 2.17. The molecule has 0 aromatic carbocycles. The van der Waals surface area contributed by atoms with E-state index in [4.69, 9.17) is 20.1 Å². The Hall–Kier alpha value is -0.200. The fraction of sp³-hybridized carbons (Fsp3) is 1.00. The fourth-order valence-electron chi connectivity index (χ4n) is 1.12. The van der Waals surface area contributed by atoms with Crippen LogP contribution < -0.4 is 0 Å². The van der Waals surface area contributed by atoms with Gasteiger partial charge in [0.25, 0.3) is 0 Å². The molecule has 1 heterocycles. The average molecular weight is 164 g/mol. The van der Waals surface area contributed by atoms with Crippen molar-refractivity contribution in [1.29, 1.82) is 0 Å². The van der Waals surface area contributed by atoms with Crippen LogP contribution in [0.1, 0.15) is 6.92 Å². The van der Waals surface area contributed by atoms with E-state index in [1.807, 2.05) is 0 Å². The Morgan fingerprint density at radius 2 is 2.00 bits per heavy atom. The molecule has 1 fully saturated rings. The maximum atomic E-state index is 9.23. The number of aliphatic hydroxyl groups excluding tert-OH is 3. The molecule has 0 aliphatic carbocycles. The van der Waals surface area contributed by atoms with E-state index < -0.39 is 30.7 Å². The van der Waals surface area contributed by atoms with Crippen molar-refractivity contribution in [2.75, 3.05) is 6.61 Å². The second-order valence-electron chi connectivity index (χ2n) is 2.76. The lowest BCUT2D eigenvalue weighted by Crippen LogP contribution is -2.46. The zero-order chi connectivity index (χ0) is 8.65. The Labute approximate surface area is 63.8 Å². The van der Waals surface area contributed by atoms with Crippen molar-refractivity contribution >= 4 is 0 Å². The van der Waals surface area contributed by atoms with Crippen molar-refractivity contribution in [2.45, 2.75) is 31.0 Å². The smallest absolute Gasteiger partial charge is 0.219 e. The van der Waals surface area contributed by atoms with Gasteiger partial charge in [0, 0.05) is 0 Å². The molecule has 0 radical (unpaired) electrons. The van der Waals surface area contributed by atoms with Crippen LogP contribution in [0.5, 0.6) is 0 Å². The van der Waals surface area contributed by atoms with Gasteiger partial charge < -0.3 is 25.2 Å². The lowest BCUT2D eigenvalue weighted by molar-refractivity contribution is -0.243. The molecule has 4 atom stereocenters. The molecule has 66 valence electrons. The molecule has 4 N–H and O–H groups in total. The Balaban J connectivity index is 2.73. The molecule has 11 heavy (non-hydrogen) atoms. The van der Waals surface area contributed by atoms with Crippen molar-refractivity contribution in [3.8, 4) is 0 Å². The second kappa shape index (κ2) is 2.69. The topological polar surface area (TPSA) is 90.2 Å². The Kier molecular flexibility index (Phi) is 2.17. The second-order valence-corrected chi connectivity index (χ2v) is 2.76. The molecule has 0 bridgehead atoms. The number of hydrogen-bond acceptors (Lipinski definition) is 5. The first-order valence-electron chi connectivity index (χ1n) is 3.38. The summed E-state index contributed by atoms with van der Waals surface area (Å²) in [6.45, 7) is 0.775. The molecule has 5 heteroatoms. The normalized spacial score (nSPS) is 51.5. The van der Waals surface area contributed by atoms with E-state index in [1.54, 1.807) is 0 Å². The van der Waals surface area contributed by atoms with E-state index in [-0.39, 0.29) is 0 Å². The predicted molar refractivity (Wildman–Crippen MR) is 34.6 cm³/mol. The van der Waals surface area contributed by atoms with Crippen molar-refractivity contribution in [3.05, 3.63) is 0 Å². The van der Waals surface area contributed by atoms with Gasteiger partial charge in [0.15, 0.2) is 0 Å². The molecule has 2 unspecified atom stereocenters. The summed E-state index contributed by atoms with van der Waals surface area (Å²) in [6.07, 6.45) is -3.25. The van der Waals surface area contributed by atoms with Crippen LogP contribution in [-0.4, -0.2) is 51.1 Å². The highest BCUT2D eigenvalue weighted by atomic mass is 16.7. The van der Waals surface area contributed by atoms with Crippen LogP contribution in [0.2, 0.25) is 0 Å². The van der Waals surface area contributed by atoms with E-state index in [2.05, 4.69) is 0 Å². The molecule has 0 saturated carbocycles. The van der Waals surface area contributed by atoms with Gasteiger partial charge in [0.05, 0.1) is 12.7 Å². The largest absolute Gasteiger partial charge is 0.391 e. The summed E-state index contributed by atoms with van der Waals surface area (Å²) >= 11 is 0. The zero-order valence-electron chi connectivity index (χ0n) is 6.14. The molecular formula is C6H12O5. The van der Waals surface area contributed by atoms with E-state index in [1.165, 1.54) is 6.92 Å². The summed E-state index contributed by atoms with van der Waals surface area (Å²) < 4.78 is 4.73. The highest BCUT2D eigenvalue weighted by Crippen LogP contribution is 2.28. The molecule has 5 nitrogen and oxygen atoms in total. The van der Waals surface area contributed by atoms with Gasteiger partial charge in [-0.1, -0.05) is 0 Å². The van der Waals surface area contributed by atoms with Gasteiger partial charge in [-0.3, -0.25) is 0 Å². The van der Waals surface area contributed by atoms with Crippen LogP contribution in [0, 0.1) is 0 Å². The predicted octanol–water partition coefficient (Wildman–Crippen LogP) is -2.19. The Morgan fingerprint density at radius 1 is 1.45 bits per heavy atom. The van der Waals surface area contributed by atoms with Gasteiger partial charge in [0.2, 0.25) is 5.79 Å². The molecular weight excluding hydrogens is 152 g/mol. The first-order chi connectivity index (χ1) is 5.01. The first kappa shape index (κ1) is 8.89.